The molecule has 0 aliphatic carbocycles. The molecular formula is C12H24N2O3. The zero-order valence-electron chi connectivity index (χ0n) is 10.9. The molecule has 3 unspecified atom stereocenters. The Bertz CT molecular complexity index is 246. The summed E-state index contributed by atoms with van der Waals surface area (Å²) in [6, 6.07) is -0.129. The van der Waals surface area contributed by atoms with E-state index in [1.807, 2.05) is 13.8 Å². The molecule has 100 valence electrons. The molecule has 0 aromatic carbocycles. The van der Waals surface area contributed by atoms with Crippen LogP contribution in [0.2, 0.25) is 0 Å². The molecule has 0 spiro atoms. The van der Waals surface area contributed by atoms with Crippen LogP contribution in [0.3, 0.4) is 0 Å². The van der Waals surface area contributed by atoms with Crippen LogP contribution in [0.25, 0.3) is 0 Å². The second-order valence-corrected chi connectivity index (χ2v) is 4.93. The van der Waals surface area contributed by atoms with Crippen molar-refractivity contribution in [3.05, 3.63) is 0 Å². The largest absolute Gasteiger partial charge is 0.396 e. The smallest absolute Gasteiger partial charge is 0.237 e. The van der Waals surface area contributed by atoms with Gasteiger partial charge in [-0.3, -0.25) is 4.79 Å². The molecular weight excluding hydrogens is 220 g/mol. The normalized spacial score (nSPS) is 26.2. The molecule has 0 bridgehead atoms. The summed E-state index contributed by atoms with van der Waals surface area (Å²) in [5, 5.41) is 15.1. The molecule has 3 atom stereocenters. The molecule has 0 saturated carbocycles. The lowest BCUT2D eigenvalue weighted by Crippen LogP contribution is -2.47. The highest BCUT2D eigenvalue weighted by atomic mass is 16.5. The van der Waals surface area contributed by atoms with E-state index in [9.17, 15) is 4.79 Å². The highest BCUT2D eigenvalue weighted by molar-refractivity contribution is 5.82. The number of ether oxygens (including phenoxy) is 1. The first-order valence-electron chi connectivity index (χ1n) is 6.25. The highest BCUT2D eigenvalue weighted by Crippen LogP contribution is 2.11. The molecule has 0 radical (unpaired) electrons. The van der Waals surface area contributed by atoms with Gasteiger partial charge in [0, 0.05) is 26.3 Å². The van der Waals surface area contributed by atoms with Gasteiger partial charge in [-0.1, -0.05) is 13.8 Å². The first-order valence-corrected chi connectivity index (χ1v) is 6.25. The van der Waals surface area contributed by atoms with Gasteiger partial charge in [0.25, 0.3) is 0 Å². The monoisotopic (exact) mass is 244 g/mol. The van der Waals surface area contributed by atoms with Crippen LogP contribution in [-0.4, -0.2) is 49.5 Å². The van der Waals surface area contributed by atoms with E-state index in [0.717, 1.165) is 6.54 Å². The molecule has 1 aliphatic heterocycles. The van der Waals surface area contributed by atoms with Crippen molar-refractivity contribution in [1.29, 1.82) is 0 Å². The van der Waals surface area contributed by atoms with Crippen LogP contribution >= 0.6 is 0 Å². The molecule has 1 amide bonds. The van der Waals surface area contributed by atoms with Crippen LogP contribution in [0.1, 0.15) is 26.7 Å². The van der Waals surface area contributed by atoms with Crippen LogP contribution in [0.15, 0.2) is 0 Å². The Labute approximate surface area is 103 Å². The van der Waals surface area contributed by atoms with Gasteiger partial charge in [0.05, 0.1) is 12.1 Å². The summed E-state index contributed by atoms with van der Waals surface area (Å²) in [6.45, 7) is 4.91. The molecule has 1 rings (SSSR count). The minimum Gasteiger partial charge on any atom is -0.396 e. The summed E-state index contributed by atoms with van der Waals surface area (Å²) in [4.78, 5) is 12.0. The molecule has 5 nitrogen and oxygen atoms in total. The summed E-state index contributed by atoms with van der Waals surface area (Å²) < 4.78 is 5.21. The molecule has 1 fully saturated rings. The second kappa shape index (κ2) is 6.93. The lowest BCUT2D eigenvalue weighted by molar-refractivity contribution is -0.124. The Morgan fingerprint density at radius 2 is 2.29 bits per heavy atom. The van der Waals surface area contributed by atoms with Gasteiger partial charge in [-0.25, -0.2) is 0 Å². The topological polar surface area (TPSA) is 70.6 Å². The van der Waals surface area contributed by atoms with Crippen molar-refractivity contribution in [2.75, 3.05) is 20.3 Å². The number of hydrogen-bond donors (Lipinski definition) is 3. The van der Waals surface area contributed by atoms with Gasteiger partial charge in [0.15, 0.2) is 0 Å². The van der Waals surface area contributed by atoms with Gasteiger partial charge in [0.1, 0.15) is 0 Å². The minimum absolute atomic E-state index is 0.0108. The van der Waals surface area contributed by atoms with Crippen molar-refractivity contribution in [2.24, 2.45) is 5.92 Å². The van der Waals surface area contributed by atoms with Crippen LogP contribution < -0.4 is 10.6 Å². The Hall–Kier alpha value is -0.650. The third kappa shape index (κ3) is 4.26. The van der Waals surface area contributed by atoms with Gasteiger partial charge < -0.3 is 20.5 Å². The predicted octanol–water partition coefficient (Wildman–Crippen LogP) is -0.113. The summed E-state index contributed by atoms with van der Waals surface area (Å²) >= 11 is 0. The Morgan fingerprint density at radius 3 is 2.76 bits per heavy atom. The highest BCUT2D eigenvalue weighted by Gasteiger charge is 2.30. The van der Waals surface area contributed by atoms with Crippen molar-refractivity contribution < 1.29 is 14.6 Å². The fourth-order valence-electron chi connectivity index (χ4n) is 2.08. The lowest BCUT2D eigenvalue weighted by Gasteiger charge is -2.23. The number of aliphatic hydroxyl groups is 1. The molecule has 3 N–H and O–H groups in total. The quantitative estimate of drug-likeness (QED) is 0.609. The van der Waals surface area contributed by atoms with Crippen molar-refractivity contribution >= 4 is 5.91 Å². The number of carbonyl (C=O) groups is 1. The fourth-order valence-corrected chi connectivity index (χ4v) is 2.08. The molecule has 1 aliphatic rings. The SMILES string of the molecule is COC1CNC(C(=O)NC(CCO)C(C)C)C1. The van der Waals surface area contributed by atoms with Crippen molar-refractivity contribution in [3.63, 3.8) is 0 Å². The standard InChI is InChI=1S/C12H24N2O3/c1-8(2)10(4-5-15)14-12(16)11-6-9(17-3)7-13-11/h8-11,13,15H,4-7H2,1-3H3,(H,14,16). The predicted molar refractivity (Wildman–Crippen MR) is 65.7 cm³/mol. The van der Waals surface area contributed by atoms with E-state index in [0.29, 0.717) is 18.8 Å². The van der Waals surface area contributed by atoms with Crippen molar-refractivity contribution in [3.8, 4) is 0 Å². The van der Waals surface area contributed by atoms with Gasteiger partial charge in [-0.15, -0.1) is 0 Å². The third-order valence-electron chi connectivity index (χ3n) is 3.31. The average Bonchev–Trinajstić information content (AvgIpc) is 2.76. The number of amides is 1. The fraction of sp³-hybridized carbons (Fsp3) is 0.917. The number of nitrogens with one attached hydrogen (secondary N) is 2. The molecule has 5 heteroatoms. The Morgan fingerprint density at radius 1 is 1.59 bits per heavy atom. The lowest BCUT2D eigenvalue weighted by atomic mass is 10.0. The van der Waals surface area contributed by atoms with Crippen molar-refractivity contribution in [1.82, 2.24) is 10.6 Å². The van der Waals surface area contributed by atoms with Crippen LogP contribution in [0, 0.1) is 5.92 Å². The summed E-state index contributed by atoms with van der Waals surface area (Å²) in [5.41, 5.74) is 0. The molecule has 1 heterocycles. The van der Waals surface area contributed by atoms with E-state index < -0.39 is 0 Å². The Balaban J connectivity index is 2.42. The summed E-state index contributed by atoms with van der Waals surface area (Å²) in [7, 11) is 1.66. The maximum absolute atomic E-state index is 12.0. The number of rotatable bonds is 6. The van der Waals surface area contributed by atoms with Crippen LogP contribution in [-0.2, 0) is 9.53 Å². The summed E-state index contributed by atoms with van der Waals surface area (Å²) in [6.07, 6.45) is 1.44. The molecule has 17 heavy (non-hydrogen) atoms. The van der Waals surface area contributed by atoms with Gasteiger partial charge in [-0.2, -0.15) is 0 Å². The van der Waals surface area contributed by atoms with E-state index >= 15 is 0 Å². The number of aliphatic hydroxyl groups excluding tert-OH is 1. The Kier molecular flexibility index (Phi) is 5.88. The molecule has 0 aromatic heterocycles. The van der Waals surface area contributed by atoms with E-state index in [2.05, 4.69) is 10.6 Å². The van der Waals surface area contributed by atoms with Crippen LogP contribution in [0.5, 0.6) is 0 Å². The first-order chi connectivity index (χ1) is 8.08. The van der Waals surface area contributed by atoms with E-state index in [1.54, 1.807) is 7.11 Å². The second-order valence-electron chi connectivity index (χ2n) is 4.93. The third-order valence-corrected chi connectivity index (χ3v) is 3.31. The maximum atomic E-state index is 12.0. The zero-order chi connectivity index (χ0) is 12.8. The number of carbonyl (C=O) groups excluding carboxylic acids is 1. The van der Waals surface area contributed by atoms with E-state index in [-0.39, 0.29) is 30.7 Å². The maximum Gasteiger partial charge on any atom is 0.237 e. The van der Waals surface area contributed by atoms with Gasteiger partial charge in [-0.05, 0) is 18.8 Å². The van der Waals surface area contributed by atoms with E-state index in [4.69, 9.17) is 9.84 Å². The number of methoxy groups -OCH3 is 1. The van der Waals surface area contributed by atoms with Crippen molar-refractivity contribution in [2.45, 2.75) is 44.9 Å². The first kappa shape index (κ1) is 14.4. The zero-order valence-corrected chi connectivity index (χ0v) is 10.9. The molecule has 1 saturated heterocycles. The van der Waals surface area contributed by atoms with E-state index in [1.165, 1.54) is 0 Å². The average molecular weight is 244 g/mol. The van der Waals surface area contributed by atoms with Gasteiger partial charge in [0.2, 0.25) is 5.91 Å². The summed E-state index contributed by atoms with van der Waals surface area (Å²) in [5.74, 6) is 0.336. The van der Waals surface area contributed by atoms with Crippen LogP contribution in [0.4, 0.5) is 0 Å². The van der Waals surface area contributed by atoms with Gasteiger partial charge >= 0.3 is 0 Å². The molecule has 0 aromatic rings. The number of hydrogen-bond acceptors (Lipinski definition) is 4. The minimum atomic E-state index is -0.167.